The van der Waals surface area contributed by atoms with Gasteiger partial charge in [-0.05, 0) is 56.2 Å². The van der Waals surface area contributed by atoms with Crippen molar-refractivity contribution in [3.05, 3.63) is 52.8 Å². The number of hydrogen-bond donors (Lipinski definition) is 1. The van der Waals surface area contributed by atoms with Crippen molar-refractivity contribution < 1.29 is 9.53 Å². The summed E-state index contributed by atoms with van der Waals surface area (Å²) >= 11 is 0. The summed E-state index contributed by atoms with van der Waals surface area (Å²) in [7, 11) is 1.70. The van der Waals surface area contributed by atoms with Gasteiger partial charge in [-0.15, -0.1) is 0 Å². The number of anilines is 1. The molecule has 2 aromatic rings. The Labute approximate surface area is 197 Å². The van der Waals surface area contributed by atoms with E-state index in [1.807, 2.05) is 11.8 Å². The van der Waals surface area contributed by atoms with Gasteiger partial charge in [-0.3, -0.25) is 9.69 Å². The molecule has 2 heterocycles. The molecule has 0 saturated heterocycles. The zero-order valence-electron chi connectivity index (χ0n) is 20.2. The van der Waals surface area contributed by atoms with E-state index < -0.39 is 0 Å². The lowest BCUT2D eigenvalue weighted by Crippen LogP contribution is -2.41. The van der Waals surface area contributed by atoms with Gasteiger partial charge in [0.05, 0.1) is 11.7 Å². The van der Waals surface area contributed by atoms with Crippen LogP contribution in [0.25, 0.3) is 0 Å². The number of benzene rings is 1. The first-order valence-electron chi connectivity index (χ1n) is 12.3. The number of nitrogens with one attached hydrogen (secondary N) is 1. The Morgan fingerprint density at radius 1 is 1.21 bits per heavy atom. The van der Waals surface area contributed by atoms with Crippen molar-refractivity contribution in [3.8, 4) is 0 Å². The van der Waals surface area contributed by atoms with E-state index in [2.05, 4.69) is 45.3 Å². The second kappa shape index (κ2) is 11.1. The van der Waals surface area contributed by atoms with Crippen molar-refractivity contribution in [1.29, 1.82) is 0 Å². The Hall–Kier alpha value is -2.51. The van der Waals surface area contributed by atoms with Crippen molar-refractivity contribution in [2.24, 2.45) is 0 Å². The molecule has 1 unspecified atom stereocenters. The summed E-state index contributed by atoms with van der Waals surface area (Å²) in [5.74, 6) is 0.459. The average molecular weight is 452 g/mol. The summed E-state index contributed by atoms with van der Waals surface area (Å²) in [6, 6.07) is 7.47. The molecule has 0 radical (unpaired) electrons. The maximum Gasteiger partial charge on any atom is 0.254 e. The number of carbonyl (C=O) groups is 1. The van der Waals surface area contributed by atoms with Crippen LogP contribution in [0.2, 0.25) is 0 Å². The van der Waals surface area contributed by atoms with E-state index in [1.54, 1.807) is 19.5 Å². The van der Waals surface area contributed by atoms with Gasteiger partial charge in [0.15, 0.2) is 0 Å². The Morgan fingerprint density at radius 2 is 1.94 bits per heavy atom. The van der Waals surface area contributed by atoms with Gasteiger partial charge in [-0.25, -0.2) is 9.97 Å². The zero-order chi connectivity index (χ0) is 23.2. The van der Waals surface area contributed by atoms with Crippen LogP contribution in [-0.2, 0) is 24.1 Å². The van der Waals surface area contributed by atoms with Crippen LogP contribution in [0.5, 0.6) is 0 Å². The number of likely N-dealkylation sites (N-methyl/N-ethyl adjacent to an activating group) is 1. The van der Waals surface area contributed by atoms with Crippen LogP contribution < -0.4 is 10.2 Å². The Balaban J connectivity index is 1.32. The fourth-order valence-electron chi connectivity index (χ4n) is 4.65. The van der Waals surface area contributed by atoms with E-state index in [0.717, 1.165) is 37.5 Å². The summed E-state index contributed by atoms with van der Waals surface area (Å²) in [4.78, 5) is 26.2. The third-order valence-corrected chi connectivity index (χ3v) is 7.10. The van der Waals surface area contributed by atoms with Gasteiger partial charge in [0.1, 0.15) is 0 Å². The third-order valence-electron chi connectivity index (χ3n) is 7.10. The fourth-order valence-corrected chi connectivity index (χ4v) is 4.65. The minimum atomic E-state index is -0.152. The predicted molar refractivity (Wildman–Crippen MR) is 131 cm³/mol. The molecule has 1 fully saturated rings. The maximum absolute atomic E-state index is 12.7. The van der Waals surface area contributed by atoms with Crippen LogP contribution >= 0.6 is 0 Å². The molecule has 4 rings (SSSR count). The van der Waals surface area contributed by atoms with Crippen molar-refractivity contribution >= 4 is 11.9 Å². The zero-order valence-corrected chi connectivity index (χ0v) is 20.2. The molecular formula is C26H37N5O2. The van der Waals surface area contributed by atoms with Gasteiger partial charge in [0.2, 0.25) is 5.95 Å². The normalized spacial score (nSPS) is 17.5. The van der Waals surface area contributed by atoms with Gasteiger partial charge in [-0.1, -0.05) is 24.6 Å². The van der Waals surface area contributed by atoms with E-state index in [1.165, 1.54) is 36.9 Å². The Morgan fingerprint density at radius 3 is 2.58 bits per heavy atom. The Bertz CT molecular complexity index is 929. The number of carbonyl (C=O) groups excluding carboxylic acids is 1. The van der Waals surface area contributed by atoms with E-state index >= 15 is 0 Å². The molecule has 1 aromatic carbocycles. The van der Waals surface area contributed by atoms with E-state index in [4.69, 9.17) is 4.74 Å². The number of hydrogen-bond acceptors (Lipinski definition) is 6. The molecule has 1 aromatic heterocycles. The van der Waals surface area contributed by atoms with Crippen LogP contribution in [0, 0.1) is 0 Å². The highest BCUT2D eigenvalue weighted by Gasteiger charge is 2.26. The highest BCUT2D eigenvalue weighted by atomic mass is 16.5. The van der Waals surface area contributed by atoms with Crippen molar-refractivity contribution in [2.75, 3.05) is 38.2 Å². The molecule has 0 spiro atoms. The average Bonchev–Trinajstić information content (AvgIpc) is 3.02. The lowest BCUT2D eigenvalue weighted by Gasteiger charge is -2.36. The molecule has 7 heteroatoms. The smallest absolute Gasteiger partial charge is 0.254 e. The molecule has 0 bridgehead atoms. The molecule has 1 aliphatic heterocycles. The first-order valence-corrected chi connectivity index (χ1v) is 12.3. The summed E-state index contributed by atoms with van der Waals surface area (Å²) in [5, 5.41) is 3.02. The summed E-state index contributed by atoms with van der Waals surface area (Å²) in [6.07, 6.45) is 9.61. The number of methoxy groups -OCH3 is 1. The predicted octanol–water partition coefficient (Wildman–Crippen LogP) is 3.22. The molecule has 33 heavy (non-hydrogen) atoms. The molecule has 1 amide bonds. The molecule has 1 aliphatic carbocycles. The number of nitrogens with zero attached hydrogens (tertiary/aromatic N) is 4. The number of ether oxygens (including phenoxy) is 1. The number of aromatic nitrogens is 2. The first kappa shape index (κ1) is 23.6. The number of amides is 1. The highest BCUT2D eigenvalue weighted by Crippen LogP contribution is 2.27. The lowest BCUT2D eigenvalue weighted by molar-refractivity contribution is 0.0950. The van der Waals surface area contributed by atoms with Gasteiger partial charge in [0, 0.05) is 58.3 Å². The van der Waals surface area contributed by atoms with Crippen LogP contribution in [-0.4, -0.2) is 66.2 Å². The number of fused-ring (bicyclic) bond motifs is 1. The monoisotopic (exact) mass is 451 g/mol. The van der Waals surface area contributed by atoms with Crippen LogP contribution in [0.15, 0.2) is 30.6 Å². The molecule has 2 aliphatic rings. The molecule has 1 saturated carbocycles. The summed E-state index contributed by atoms with van der Waals surface area (Å²) in [6.45, 7) is 8.37. The van der Waals surface area contributed by atoms with Crippen LogP contribution in [0.4, 0.5) is 5.95 Å². The fraction of sp³-hybridized carbons (Fsp3) is 0.577. The minimum Gasteiger partial charge on any atom is -0.380 e. The van der Waals surface area contributed by atoms with Gasteiger partial charge < -0.3 is 15.0 Å². The maximum atomic E-state index is 12.7. The Kier molecular flexibility index (Phi) is 7.93. The second-order valence-electron chi connectivity index (χ2n) is 9.26. The number of rotatable bonds is 9. The van der Waals surface area contributed by atoms with Crippen molar-refractivity contribution in [3.63, 3.8) is 0 Å². The van der Waals surface area contributed by atoms with Gasteiger partial charge in [0.25, 0.3) is 5.91 Å². The standard InChI is InChI=1S/C26H37N5O2/c1-4-30(18-19(2)33-3)26-28-16-23(17-29-26)25(32)27-15-20-8-9-21-10-12-31(24-6-5-7-24)13-11-22(21)14-20/h8-9,14,16-17,19,24H,4-7,10-13,15,18H2,1-3H3,(H,27,32). The molecular weight excluding hydrogens is 414 g/mol. The molecule has 7 nitrogen and oxygen atoms in total. The lowest BCUT2D eigenvalue weighted by atomic mass is 9.91. The highest BCUT2D eigenvalue weighted by molar-refractivity contribution is 5.93. The van der Waals surface area contributed by atoms with Crippen molar-refractivity contribution in [2.45, 2.75) is 64.6 Å². The van der Waals surface area contributed by atoms with E-state index in [0.29, 0.717) is 24.6 Å². The minimum absolute atomic E-state index is 0.0821. The van der Waals surface area contributed by atoms with E-state index in [9.17, 15) is 4.79 Å². The SMILES string of the molecule is CCN(CC(C)OC)c1ncc(C(=O)NCc2ccc3c(c2)CCN(C2CCC2)CC3)cn1. The largest absolute Gasteiger partial charge is 0.380 e. The summed E-state index contributed by atoms with van der Waals surface area (Å²) < 4.78 is 5.34. The molecule has 178 valence electrons. The van der Waals surface area contributed by atoms with Crippen LogP contribution in [0.1, 0.15) is 60.2 Å². The third kappa shape index (κ3) is 5.89. The quantitative estimate of drug-likeness (QED) is 0.631. The van der Waals surface area contributed by atoms with Crippen LogP contribution in [0.3, 0.4) is 0 Å². The topological polar surface area (TPSA) is 70.6 Å². The summed E-state index contributed by atoms with van der Waals surface area (Å²) in [5.41, 5.74) is 4.50. The van der Waals surface area contributed by atoms with Gasteiger partial charge in [-0.2, -0.15) is 0 Å². The first-order chi connectivity index (χ1) is 16.1. The molecule has 1 N–H and O–H groups in total. The molecule has 1 atom stereocenters. The van der Waals surface area contributed by atoms with Gasteiger partial charge >= 0.3 is 0 Å². The second-order valence-corrected chi connectivity index (χ2v) is 9.26. The van der Waals surface area contributed by atoms with E-state index in [-0.39, 0.29) is 12.0 Å². The van der Waals surface area contributed by atoms with Crippen molar-refractivity contribution in [1.82, 2.24) is 20.2 Å².